The molecule has 0 aliphatic carbocycles. The Morgan fingerprint density at radius 1 is 1.17 bits per heavy atom. The summed E-state index contributed by atoms with van der Waals surface area (Å²) in [5.41, 5.74) is 1.90. The van der Waals surface area contributed by atoms with Crippen molar-refractivity contribution in [1.82, 2.24) is 10.6 Å². The number of nitrogens with one attached hydrogen (secondary N) is 2. The predicted molar refractivity (Wildman–Crippen MR) is 96.2 cm³/mol. The Morgan fingerprint density at radius 3 is 2.62 bits per heavy atom. The van der Waals surface area contributed by atoms with Crippen LogP contribution in [0.2, 0.25) is 5.02 Å². The van der Waals surface area contributed by atoms with Crippen molar-refractivity contribution in [2.75, 3.05) is 6.54 Å². The van der Waals surface area contributed by atoms with Gasteiger partial charge in [-0.05, 0) is 30.2 Å². The van der Waals surface area contributed by atoms with Crippen LogP contribution in [0.15, 0.2) is 53.5 Å². The van der Waals surface area contributed by atoms with E-state index in [0.29, 0.717) is 24.1 Å². The van der Waals surface area contributed by atoms with Crippen molar-refractivity contribution in [3.8, 4) is 0 Å². The summed E-state index contributed by atoms with van der Waals surface area (Å²) in [5, 5.41) is 17.9. The lowest BCUT2D eigenvalue weighted by atomic mass is 10.2. The van der Waals surface area contributed by atoms with Gasteiger partial charge in [0.25, 0.3) is 5.69 Å². The fourth-order valence-corrected chi connectivity index (χ4v) is 2.33. The first-order chi connectivity index (χ1) is 11.6. The molecule has 0 aliphatic heterocycles. The molecule has 2 aromatic rings. The van der Waals surface area contributed by atoms with Gasteiger partial charge in [0.2, 0.25) is 0 Å². The number of guanidine groups is 1. The molecular formula is C17H19ClN4O2. The van der Waals surface area contributed by atoms with Gasteiger partial charge in [-0.1, -0.05) is 35.9 Å². The molecule has 6 nitrogen and oxygen atoms in total. The van der Waals surface area contributed by atoms with Crippen LogP contribution in [0, 0.1) is 10.1 Å². The van der Waals surface area contributed by atoms with E-state index in [0.717, 1.165) is 17.7 Å². The standard InChI is InChI=1S/C17H19ClN4O2/c1-2-19-17(20-11-13-5-3-7-15(18)9-13)21-12-14-6-4-8-16(10-14)22(23)24/h3-10H,2,11-12H2,1H3,(H2,19,20,21). The molecule has 0 aliphatic rings. The van der Waals surface area contributed by atoms with Crippen LogP contribution in [0.25, 0.3) is 0 Å². The van der Waals surface area contributed by atoms with Crippen LogP contribution in [0.1, 0.15) is 18.1 Å². The molecule has 0 spiro atoms. The van der Waals surface area contributed by atoms with Gasteiger partial charge in [-0.3, -0.25) is 10.1 Å². The van der Waals surface area contributed by atoms with E-state index in [2.05, 4.69) is 15.6 Å². The van der Waals surface area contributed by atoms with Gasteiger partial charge in [-0.15, -0.1) is 0 Å². The Labute approximate surface area is 145 Å². The van der Waals surface area contributed by atoms with E-state index in [1.54, 1.807) is 6.07 Å². The van der Waals surface area contributed by atoms with Crippen molar-refractivity contribution in [2.24, 2.45) is 4.99 Å². The zero-order valence-corrected chi connectivity index (χ0v) is 14.1. The van der Waals surface area contributed by atoms with Gasteiger partial charge in [-0.25, -0.2) is 4.99 Å². The summed E-state index contributed by atoms with van der Waals surface area (Å²) >= 11 is 5.97. The normalized spacial score (nSPS) is 11.2. The summed E-state index contributed by atoms with van der Waals surface area (Å²) in [6.45, 7) is 3.63. The minimum Gasteiger partial charge on any atom is -0.357 e. The number of hydrogen-bond acceptors (Lipinski definition) is 3. The molecule has 0 bridgehead atoms. The van der Waals surface area contributed by atoms with Crippen LogP contribution >= 0.6 is 11.6 Å². The first kappa shape index (κ1) is 17.7. The first-order valence-corrected chi connectivity index (χ1v) is 7.96. The second-order valence-electron chi connectivity index (χ2n) is 5.11. The topological polar surface area (TPSA) is 79.6 Å². The summed E-state index contributed by atoms with van der Waals surface area (Å²) in [6.07, 6.45) is 0. The fourth-order valence-electron chi connectivity index (χ4n) is 2.11. The van der Waals surface area contributed by atoms with E-state index >= 15 is 0 Å². The quantitative estimate of drug-likeness (QED) is 0.363. The van der Waals surface area contributed by atoms with Crippen LogP contribution in [0.3, 0.4) is 0 Å². The predicted octanol–water partition coefficient (Wildman–Crippen LogP) is 3.50. The molecule has 0 amide bonds. The molecule has 0 saturated heterocycles. The summed E-state index contributed by atoms with van der Waals surface area (Å²) in [4.78, 5) is 14.9. The molecule has 0 radical (unpaired) electrons. The molecule has 0 fully saturated rings. The fraction of sp³-hybridized carbons (Fsp3) is 0.235. The zero-order chi connectivity index (χ0) is 17.4. The number of non-ortho nitro benzene ring substituents is 1. The van der Waals surface area contributed by atoms with Gasteiger partial charge in [0.1, 0.15) is 0 Å². The Morgan fingerprint density at radius 2 is 1.92 bits per heavy atom. The molecular weight excluding hydrogens is 328 g/mol. The van der Waals surface area contributed by atoms with E-state index in [4.69, 9.17) is 11.6 Å². The molecule has 2 N–H and O–H groups in total. The van der Waals surface area contributed by atoms with Crippen LogP contribution in [-0.2, 0) is 13.1 Å². The third-order valence-electron chi connectivity index (χ3n) is 3.23. The monoisotopic (exact) mass is 346 g/mol. The summed E-state index contributed by atoms with van der Waals surface area (Å²) in [5.74, 6) is 0.643. The van der Waals surface area contributed by atoms with Crippen LogP contribution in [-0.4, -0.2) is 17.4 Å². The molecule has 24 heavy (non-hydrogen) atoms. The van der Waals surface area contributed by atoms with E-state index in [1.807, 2.05) is 37.3 Å². The maximum absolute atomic E-state index is 10.8. The van der Waals surface area contributed by atoms with E-state index in [-0.39, 0.29) is 5.69 Å². The van der Waals surface area contributed by atoms with Crippen LogP contribution in [0.5, 0.6) is 0 Å². The molecule has 0 saturated carbocycles. The van der Waals surface area contributed by atoms with Gasteiger partial charge < -0.3 is 10.6 Å². The van der Waals surface area contributed by atoms with E-state index in [9.17, 15) is 10.1 Å². The molecule has 126 valence electrons. The minimum absolute atomic E-state index is 0.0691. The van der Waals surface area contributed by atoms with Gasteiger partial charge in [0, 0.05) is 30.2 Å². The van der Waals surface area contributed by atoms with Crippen molar-refractivity contribution in [3.63, 3.8) is 0 Å². The molecule has 0 unspecified atom stereocenters. The lowest BCUT2D eigenvalue weighted by Crippen LogP contribution is -2.36. The number of rotatable bonds is 6. The number of hydrogen-bond donors (Lipinski definition) is 2. The third kappa shape index (κ3) is 5.55. The Hall–Kier alpha value is -2.60. The van der Waals surface area contributed by atoms with Gasteiger partial charge in [0.05, 0.1) is 11.5 Å². The SMILES string of the molecule is CCNC(=NCc1cccc([N+](=O)[O-])c1)NCc1cccc(Cl)c1. The largest absolute Gasteiger partial charge is 0.357 e. The molecule has 0 heterocycles. The maximum Gasteiger partial charge on any atom is 0.269 e. The first-order valence-electron chi connectivity index (χ1n) is 7.58. The number of halogens is 1. The van der Waals surface area contributed by atoms with E-state index in [1.165, 1.54) is 12.1 Å². The molecule has 7 heteroatoms. The number of nitro benzene ring substituents is 1. The third-order valence-corrected chi connectivity index (χ3v) is 3.47. The highest BCUT2D eigenvalue weighted by atomic mass is 35.5. The summed E-state index contributed by atoms with van der Waals surface area (Å²) in [6, 6.07) is 14.1. The summed E-state index contributed by atoms with van der Waals surface area (Å²) in [7, 11) is 0. The van der Waals surface area contributed by atoms with Crippen molar-refractivity contribution in [3.05, 3.63) is 74.8 Å². The van der Waals surface area contributed by atoms with E-state index < -0.39 is 4.92 Å². The lowest BCUT2D eigenvalue weighted by molar-refractivity contribution is -0.384. The highest BCUT2D eigenvalue weighted by Crippen LogP contribution is 2.14. The Bertz CT molecular complexity index is 734. The number of aliphatic imine (C=N–C) groups is 1. The molecule has 2 aromatic carbocycles. The highest BCUT2D eigenvalue weighted by molar-refractivity contribution is 6.30. The second-order valence-corrected chi connectivity index (χ2v) is 5.54. The van der Waals surface area contributed by atoms with Crippen molar-refractivity contribution in [1.29, 1.82) is 0 Å². The average Bonchev–Trinajstić information content (AvgIpc) is 2.57. The Kier molecular flexibility index (Phi) is 6.57. The molecule has 0 atom stereocenters. The smallest absolute Gasteiger partial charge is 0.269 e. The van der Waals surface area contributed by atoms with Crippen molar-refractivity contribution >= 4 is 23.2 Å². The molecule has 2 rings (SSSR count). The number of benzene rings is 2. The van der Waals surface area contributed by atoms with Crippen molar-refractivity contribution in [2.45, 2.75) is 20.0 Å². The highest BCUT2D eigenvalue weighted by Gasteiger charge is 2.05. The molecule has 0 aromatic heterocycles. The van der Waals surface area contributed by atoms with Crippen LogP contribution < -0.4 is 10.6 Å². The lowest BCUT2D eigenvalue weighted by Gasteiger charge is -2.11. The number of nitro groups is 1. The van der Waals surface area contributed by atoms with Crippen molar-refractivity contribution < 1.29 is 4.92 Å². The zero-order valence-electron chi connectivity index (χ0n) is 13.3. The van der Waals surface area contributed by atoms with Gasteiger partial charge in [0.15, 0.2) is 5.96 Å². The minimum atomic E-state index is -0.407. The van der Waals surface area contributed by atoms with Gasteiger partial charge in [-0.2, -0.15) is 0 Å². The average molecular weight is 347 g/mol. The van der Waals surface area contributed by atoms with Gasteiger partial charge >= 0.3 is 0 Å². The summed E-state index contributed by atoms with van der Waals surface area (Å²) < 4.78 is 0. The van der Waals surface area contributed by atoms with Crippen LogP contribution in [0.4, 0.5) is 5.69 Å². The maximum atomic E-state index is 10.8. The number of nitrogens with zero attached hydrogens (tertiary/aromatic N) is 2. The Balaban J connectivity index is 2.02. The second kappa shape index (κ2) is 8.88.